The number of benzene rings is 1. The number of aromatic nitrogens is 2. The highest BCUT2D eigenvalue weighted by Gasteiger charge is 2.21. The monoisotopic (exact) mass is 375 g/mol. The van der Waals surface area contributed by atoms with E-state index in [1.54, 1.807) is 6.92 Å². The number of rotatable bonds is 5. The van der Waals surface area contributed by atoms with E-state index in [-0.39, 0.29) is 34.4 Å². The van der Waals surface area contributed by atoms with Crippen molar-refractivity contribution in [3.63, 3.8) is 0 Å². The van der Waals surface area contributed by atoms with E-state index in [0.717, 1.165) is 17.4 Å². The molecule has 9 heteroatoms. The molecule has 0 saturated heterocycles. The van der Waals surface area contributed by atoms with E-state index in [9.17, 15) is 14.0 Å². The van der Waals surface area contributed by atoms with Crippen molar-refractivity contribution in [2.75, 3.05) is 19.5 Å². The number of nitrogens with zero attached hydrogens (tertiary/aromatic N) is 2. The zero-order valence-electron chi connectivity index (χ0n) is 13.9. The van der Waals surface area contributed by atoms with Gasteiger partial charge >= 0.3 is 5.97 Å². The molecule has 0 aliphatic rings. The topological polar surface area (TPSA) is 104 Å². The van der Waals surface area contributed by atoms with E-state index in [2.05, 4.69) is 9.97 Å². The largest absolute Gasteiger partial charge is 0.494 e. The second-order valence-electron chi connectivity index (χ2n) is 5.16. The predicted molar refractivity (Wildman–Crippen MR) is 94.2 cm³/mol. The van der Waals surface area contributed by atoms with Gasteiger partial charge in [0.15, 0.2) is 11.6 Å². The van der Waals surface area contributed by atoms with Crippen LogP contribution >= 0.6 is 11.3 Å². The number of carbonyl (C=O) groups is 2. The fourth-order valence-corrected chi connectivity index (χ4v) is 3.29. The number of ether oxygens (including phenoxy) is 2. The van der Waals surface area contributed by atoms with E-state index >= 15 is 0 Å². The molecule has 134 valence electrons. The lowest BCUT2D eigenvalue weighted by Crippen LogP contribution is -2.08. The maximum absolute atomic E-state index is 13.9. The number of thiophene rings is 1. The predicted octanol–water partition coefficient (Wildman–Crippen LogP) is 2.83. The first-order valence-electron chi connectivity index (χ1n) is 7.57. The maximum atomic E-state index is 13.9. The molecule has 0 aliphatic heterocycles. The summed E-state index contributed by atoms with van der Waals surface area (Å²) in [5.74, 6) is -1.84. The van der Waals surface area contributed by atoms with Gasteiger partial charge in [0, 0.05) is 10.9 Å². The molecule has 0 radical (unpaired) electrons. The number of esters is 1. The van der Waals surface area contributed by atoms with E-state index in [4.69, 9.17) is 15.2 Å². The number of ketones is 1. The third-order valence-electron chi connectivity index (χ3n) is 3.52. The SMILES string of the molecule is CCOC(=O)c1cc2c(C(=O)c3ccc(OC)c(F)c3)nc(N)nc2s1. The van der Waals surface area contributed by atoms with Crippen molar-refractivity contribution in [3.05, 3.63) is 46.2 Å². The van der Waals surface area contributed by atoms with Gasteiger partial charge in [0.25, 0.3) is 0 Å². The lowest BCUT2D eigenvalue weighted by Gasteiger charge is -2.06. The summed E-state index contributed by atoms with van der Waals surface area (Å²) in [6.45, 7) is 1.91. The standard InChI is InChI=1S/C17H14FN3O4S/c1-3-25-16(23)12-7-9-13(20-17(19)21-15(9)26-12)14(22)8-4-5-11(24-2)10(18)6-8/h4-7H,3H2,1-2H3,(H2,19,20,21). The van der Waals surface area contributed by atoms with Crippen LogP contribution in [0.4, 0.5) is 10.3 Å². The molecule has 2 aromatic heterocycles. The third-order valence-corrected chi connectivity index (χ3v) is 4.52. The maximum Gasteiger partial charge on any atom is 0.348 e. The van der Waals surface area contributed by atoms with E-state index < -0.39 is 17.6 Å². The lowest BCUT2D eigenvalue weighted by atomic mass is 10.1. The number of fused-ring (bicyclic) bond motifs is 1. The number of halogens is 1. The molecule has 0 saturated carbocycles. The molecule has 0 amide bonds. The van der Waals surface area contributed by atoms with Gasteiger partial charge in [-0.25, -0.2) is 19.2 Å². The van der Waals surface area contributed by atoms with E-state index in [1.807, 2.05) is 0 Å². The molecule has 7 nitrogen and oxygen atoms in total. The Morgan fingerprint density at radius 3 is 2.69 bits per heavy atom. The minimum atomic E-state index is -0.672. The molecule has 0 atom stereocenters. The fraction of sp³-hybridized carbons (Fsp3) is 0.176. The van der Waals surface area contributed by atoms with Gasteiger partial charge < -0.3 is 15.2 Å². The number of hydrogen-bond donors (Lipinski definition) is 1. The highest BCUT2D eigenvalue weighted by molar-refractivity contribution is 7.20. The summed E-state index contributed by atoms with van der Waals surface area (Å²) in [5, 5.41) is 0.355. The molecule has 0 unspecified atom stereocenters. The normalized spacial score (nSPS) is 10.7. The third kappa shape index (κ3) is 3.21. The average Bonchev–Trinajstić information content (AvgIpc) is 3.04. The molecule has 3 rings (SSSR count). The lowest BCUT2D eigenvalue weighted by molar-refractivity contribution is 0.0532. The van der Waals surface area contributed by atoms with Crippen LogP contribution in [0.3, 0.4) is 0 Å². The zero-order chi connectivity index (χ0) is 18.8. The van der Waals surface area contributed by atoms with Crippen LogP contribution in [-0.2, 0) is 4.74 Å². The smallest absolute Gasteiger partial charge is 0.348 e. The summed E-state index contributed by atoms with van der Waals surface area (Å²) in [7, 11) is 1.33. The van der Waals surface area contributed by atoms with Gasteiger partial charge in [0.2, 0.25) is 11.7 Å². The molecule has 0 spiro atoms. The van der Waals surface area contributed by atoms with E-state index in [1.165, 1.54) is 25.3 Å². The summed E-state index contributed by atoms with van der Waals surface area (Å²) < 4.78 is 23.7. The van der Waals surface area contributed by atoms with Crippen LogP contribution in [0.25, 0.3) is 10.2 Å². The van der Waals surface area contributed by atoms with E-state index in [0.29, 0.717) is 10.2 Å². The summed E-state index contributed by atoms with van der Waals surface area (Å²) in [6.07, 6.45) is 0. The van der Waals surface area contributed by atoms with Crippen molar-refractivity contribution in [2.45, 2.75) is 6.92 Å². The molecular formula is C17H14FN3O4S. The quantitative estimate of drug-likeness (QED) is 0.540. The van der Waals surface area contributed by atoms with Crippen LogP contribution in [0.15, 0.2) is 24.3 Å². The second kappa shape index (κ2) is 7.04. The van der Waals surface area contributed by atoms with Crippen LogP contribution in [-0.4, -0.2) is 35.4 Å². The number of nitrogens with two attached hydrogens (primary N) is 1. The molecule has 3 aromatic rings. The minimum Gasteiger partial charge on any atom is -0.494 e. The minimum absolute atomic E-state index is 0.0103. The Kier molecular flexibility index (Phi) is 4.81. The molecule has 2 N–H and O–H groups in total. The van der Waals surface area contributed by atoms with Gasteiger partial charge in [-0.2, -0.15) is 0 Å². The summed E-state index contributed by atoms with van der Waals surface area (Å²) in [5.41, 5.74) is 5.75. The number of hydrogen-bond acceptors (Lipinski definition) is 8. The molecule has 0 fully saturated rings. The first-order valence-corrected chi connectivity index (χ1v) is 8.38. The van der Waals surface area contributed by atoms with Crippen molar-refractivity contribution in [3.8, 4) is 5.75 Å². The van der Waals surface area contributed by atoms with Crippen LogP contribution in [0.1, 0.15) is 32.6 Å². The summed E-state index contributed by atoms with van der Waals surface area (Å²) in [6, 6.07) is 5.31. The Bertz CT molecular complexity index is 1020. The van der Waals surface area contributed by atoms with Crippen LogP contribution in [0.2, 0.25) is 0 Å². The Morgan fingerprint density at radius 2 is 2.04 bits per heavy atom. The number of methoxy groups -OCH3 is 1. The Balaban J connectivity index is 2.10. The first-order chi connectivity index (χ1) is 12.4. The zero-order valence-corrected chi connectivity index (χ0v) is 14.7. The fourth-order valence-electron chi connectivity index (χ4n) is 2.36. The van der Waals surface area contributed by atoms with Crippen molar-refractivity contribution < 1.29 is 23.5 Å². The van der Waals surface area contributed by atoms with Crippen molar-refractivity contribution in [2.24, 2.45) is 0 Å². The van der Waals surface area contributed by atoms with Crippen molar-refractivity contribution in [1.29, 1.82) is 0 Å². The van der Waals surface area contributed by atoms with Gasteiger partial charge in [-0.15, -0.1) is 11.3 Å². The molecule has 2 heterocycles. The van der Waals surface area contributed by atoms with Gasteiger partial charge in [0.05, 0.1) is 13.7 Å². The van der Waals surface area contributed by atoms with Crippen LogP contribution < -0.4 is 10.5 Å². The molecule has 1 aromatic carbocycles. The van der Waals surface area contributed by atoms with Crippen LogP contribution in [0.5, 0.6) is 5.75 Å². The first kappa shape index (κ1) is 17.7. The Morgan fingerprint density at radius 1 is 1.27 bits per heavy atom. The summed E-state index contributed by atoms with van der Waals surface area (Å²) in [4.78, 5) is 33.4. The highest BCUT2D eigenvalue weighted by Crippen LogP contribution is 2.29. The molecule has 0 bridgehead atoms. The number of carbonyl (C=O) groups excluding carboxylic acids is 2. The molecular weight excluding hydrogens is 361 g/mol. The van der Waals surface area contributed by atoms with Gasteiger partial charge in [0.1, 0.15) is 15.4 Å². The Hall–Kier alpha value is -3.07. The molecule has 0 aliphatic carbocycles. The number of nitrogen functional groups attached to an aromatic ring is 1. The molecule has 26 heavy (non-hydrogen) atoms. The summed E-state index contributed by atoms with van der Waals surface area (Å²) >= 11 is 1.04. The van der Waals surface area contributed by atoms with Crippen molar-refractivity contribution in [1.82, 2.24) is 9.97 Å². The van der Waals surface area contributed by atoms with Crippen molar-refractivity contribution >= 4 is 39.3 Å². The number of anilines is 1. The second-order valence-corrected chi connectivity index (χ2v) is 6.19. The Labute approximate surface area is 151 Å². The van der Waals surface area contributed by atoms with Gasteiger partial charge in [-0.3, -0.25) is 4.79 Å². The van der Waals surface area contributed by atoms with Gasteiger partial charge in [-0.05, 0) is 31.2 Å². The van der Waals surface area contributed by atoms with Gasteiger partial charge in [-0.1, -0.05) is 0 Å². The average molecular weight is 375 g/mol. The highest BCUT2D eigenvalue weighted by atomic mass is 32.1. The van der Waals surface area contributed by atoms with Crippen LogP contribution in [0, 0.1) is 5.82 Å².